The van der Waals surface area contributed by atoms with Crippen LogP contribution in [0.25, 0.3) is 0 Å². The molecule has 0 unspecified atom stereocenters. The van der Waals surface area contributed by atoms with Crippen molar-refractivity contribution in [3.05, 3.63) is 65.5 Å². The van der Waals surface area contributed by atoms with E-state index in [-0.39, 0.29) is 5.78 Å². The molecule has 1 aromatic heterocycles. The molecule has 25 heavy (non-hydrogen) atoms. The Morgan fingerprint density at radius 1 is 0.960 bits per heavy atom. The molecule has 0 amide bonds. The molecule has 2 rings (SSSR count). The lowest BCUT2D eigenvalue weighted by molar-refractivity contribution is 0.101. The van der Waals surface area contributed by atoms with E-state index in [1.165, 1.54) is 36.9 Å². The number of aryl methyl sites for hydroxylation is 1. The van der Waals surface area contributed by atoms with Crippen LogP contribution in [0.2, 0.25) is 0 Å². The molecule has 0 aliphatic heterocycles. The van der Waals surface area contributed by atoms with Gasteiger partial charge in [-0.15, -0.1) is 0 Å². The van der Waals surface area contributed by atoms with Crippen LogP contribution >= 0.6 is 0 Å². The predicted octanol–water partition coefficient (Wildman–Crippen LogP) is 6.29. The van der Waals surface area contributed by atoms with E-state index in [9.17, 15) is 4.79 Å². The van der Waals surface area contributed by atoms with Crippen LogP contribution < -0.4 is 0 Å². The van der Waals surface area contributed by atoms with Gasteiger partial charge in [-0.2, -0.15) is 0 Å². The van der Waals surface area contributed by atoms with Gasteiger partial charge in [0.15, 0.2) is 5.78 Å². The predicted molar refractivity (Wildman–Crippen MR) is 107 cm³/mol. The highest BCUT2D eigenvalue weighted by Crippen LogP contribution is 2.17. The second kappa shape index (κ2) is 12.4. The van der Waals surface area contributed by atoms with Gasteiger partial charge in [-0.1, -0.05) is 76.8 Å². The van der Waals surface area contributed by atoms with Crippen molar-refractivity contribution in [3.8, 4) is 0 Å². The molecule has 1 aromatic carbocycles. The van der Waals surface area contributed by atoms with Crippen LogP contribution in [0.4, 0.5) is 0 Å². The molecule has 0 fully saturated rings. The van der Waals surface area contributed by atoms with Crippen molar-refractivity contribution in [1.82, 2.24) is 4.98 Å². The zero-order valence-electron chi connectivity index (χ0n) is 16.3. The Labute approximate surface area is 153 Å². The number of ketones is 1. The quantitative estimate of drug-likeness (QED) is 0.529. The SMILES string of the molecule is CCCC(CCC)Cc1ccccn1.CCc1ccc(C(C)=O)cc1. The van der Waals surface area contributed by atoms with E-state index in [0.717, 1.165) is 24.3 Å². The van der Waals surface area contributed by atoms with Crippen molar-refractivity contribution >= 4 is 5.78 Å². The summed E-state index contributed by atoms with van der Waals surface area (Å²) in [4.78, 5) is 15.2. The van der Waals surface area contributed by atoms with E-state index in [1.54, 1.807) is 6.92 Å². The number of pyridine rings is 1. The fourth-order valence-corrected chi connectivity index (χ4v) is 2.95. The third-order valence-corrected chi connectivity index (χ3v) is 4.39. The Balaban J connectivity index is 0.000000257. The Hall–Kier alpha value is -1.96. The van der Waals surface area contributed by atoms with Gasteiger partial charge in [0.25, 0.3) is 0 Å². The minimum absolute atomic E-state index is 0.132. The molecule has 0 bridgehead atoms. The molecule has 1 heterocycles. The highest BCUT2D eigenvalue weighted by atomic mass is 16.1. The van der Waals surface area contributed by atoms with Gasteiger partial charge in [0.1, 0.15) is 0 Å². The lowest BCUT2D eigenvalue weighted by atomic mass is 9.93. The molecule has 0 N–H and O–H groups in total. The first-order valence-corrected chi connectivity index (χ1v) is 9.60. The monoisotopic (exact) mass is 339 g/mol. The average molecular weight is 340 g/mol. The largest absolute Gasteiger partial charge is 0.295 e. The van der Waals surface area contributed by atoms with Crippen molar-refractivity contribution in [2.45, 2.75) is 66.2 Å². The lowest BCUT2D eigenvalue weighted by Gasteiger charge is -2.14. The molecule has 2 heteroatoms. The minimum Gasteiger partial charge on any atom is -0.295 e. The Kier molecular flexibility index (Phi) is 10.5. The van der Waals surface area contributed by atoms with Crippen molar-refractivity contribution in [2.75, 3.05) is 0 Å². The standard InChI is InChI=1S/C13H21N.C10H12O/c1-3-7-12(8-4-2)11-13-9-5-6-10-14-13;1-3-9-4-6-10(7-5-9)8(2)11/h5-6,9-10,12H,3-4,7-8,11H2,1-2H3;4-7H,3H2,1-2H3. The molecule has 136 valence electrons. The maximum atomic E-state index is 10.8. The Bertz CT molecular complexity index is 583. The van der Waals surface area contributed by atoms with Gasteiger partial charge < -0.3 is 0 Å². The normalized spacial score (nSPS) is 10.3. The molecule has 0 saturated heterocycles. The second-order valence-electron chi connectivity index (χ2n) is 6.58. The highest BCUT2D eigenvalue weighted by molar-refractivity contribution is 5.93. The average Bonchev–Trinajstić information content (AvgIpc) is 2.63. The molecular weight excluding hydrogens is 306 g/mol. The summed E-state index contributed by atoms with van der Waals surface area (Å²) in [6.07, 6.45) is 9.33. The molecule has 0 aliphatic rings. The Morgan fingerprint density at radius 3 is 2.04 bits per heavy atom. The van der Waals surface area contributed by atoms with Gasteiger partial charge in [-0.3, -0.25) is 9.78 Å². The number of carbonyl (C=O) groups excluding carboxylic acids is 1. The summed E-state index contributed by atoms with van der Waals surface area (Å²) in [7, 11) is 0. The van der Waals surface area contributed by atoms with Gasteiger partial charge in [0.05, 0.1) is 0 Å². The second-order valence-corrected chi connectivity index (χ2v) is 6.58. The topological polar surface area (TPSA) is 30.0 Å². The zero-order valence-corrected chi connectivity index (χ0v) is 16.3. The molecule has 0 radical (unpaired) electrons. The van der Waals surface area contributed by atoms with E-state index in [2.05, 4.69) is 37.9 Å². The van der Waals surface area contributed by atoms with Crippen molar-refractivity contribution in [3.63, 3.8) is 0 Å². The molecule has 2 aromatic rings. The van der Waals surface area contributed by atoms with E-state index >= 15 is 0 Å². The summed E-state index contributed by atoms with van der Waals surface area (Å²) >= 11 is 0. The summed E-state index contributed by atoms with van der Waals surface area (Å²) in [6.45, 7) is 8.21. The van der Waals surface area contributed by atoms with Crippen LogP contribution in [0, 0.1) is 5.92 Å². The first-order valence-electron chi connectivity index (χ1n) is 9.60. The van der Waals surface area contributed by atoms with Crippen LogP contribution in [0.3, 0.4) is 0 Å². The number of aromatic nitrogens is 1. The number of hydrogen-bond donors (Lipinski definition) is 0. The van der Waals surface area contributed by atoms with E-state index in [1.807, 2.05) is 36.5 Å². The summed E-state index contributed by atoms with van der Waals surface area (Å²) in [5, 5.41) is 0. The molecule has 0 spiro atoms. The van der Waals surface area contributed by atoms with Gasteiger partial charge in [0, 0.05) is 17.5 Å². The number of carbonyl (C=O) groups is 1. The van der Waals surface area contributed by atoms with E-state index in [0.29, 0.717) is 0 Å². The first kappa shape index (κ1) is 21.1. The van der Waals surface area contributed by atoms with Crippen LogP contribution in [0.5, 0.6) is 0 Å². The molecular formula is C23H33NO. The number of rotatable bonds is 8. The highest BCUT2D eigenvalue weighted by Gasteiger charge is 2.07. The zero-order chi connectivity index (χ0) is 18.5. The van der Waals surface area contributed by atoms with E-state index < -0.39 is 0 Å². The first-order chi connectivity index (χ1) is 12.1. The Morgan fingerprint density at radius 2 is 1.60 bits per heavy atom. The van der Waals surface area contributed by atoms with Crippen LogP contribution in [-0.4, -0.2) is 10.8 Å². The summed E-state index contributed by atoms with van der Waals surface area (Å²) in [5.74, 6) is 0.965. The smallest absolute Gasteiger partial charge is 0.159 e. The fourth-order valence-electron chi connectivity index (χ4n) is 2.95. The number of Topliss-reactive ketones (excluding diaryl/α,β-unsaturated/α-hetero) is 1. The summed E-state index contributed by atoms with van der Waals surface area (Å²) in [5.41, 5.74) is 3.32. The third-order valence-electron chi connectivity index (χ3n) is 4.39. The lowest BCUT2D eigenvalue weighted by Crippen LogP contribution is -2.05. The summed E-state index contributed by atoms with van der Waals surface area (Å²) < 4.78 is 0. The van der Waals surface area contributed by atoms with Crippen LogP contribution in [0.1, 0.15) is 75.0 Å². The number of hydrogen-bond acceptors (Lipinski definition) is 2. The van der Waals surface area contributed by atoms with Gasteiger partial charge in [-0.05, 0) is 43.4 Å². The van der Waals surface area contributed by atoms with Gasteiger partial charge in [-0.25, -0.2) is 0 Å². The third kappa shape index (κ3) is 8.62. The maximum Gasteiger partial charge on any atom is 0.159 e. The minimum atomic E-state index is 0.132. The molecule has 2 nitrogen and oxygen atoms in total. The van der Waals surface area contributed by atoms with Gasteiger partial charge >= 0.3 is 0 Å². The maximum absolute atomic E-state index is 10.8. The fraction of sp³-hybridized carbons (Fsp3) is 0.478. The molecule has 0 atom stereocenters. The van der Waals surface area contributed by atoms with Crippen LogP contribution in [0.15, 0.2) is 48.7 Å². The number of nitrogens with zero attached hydrogens (tertiary/aromatic N) is 1. The van der Waals surface area contributed by atoms with Crippen molar-refractivity contribution in [1.29, 1.82) is 0 Å². The molecule has 0 saturated carbocycles. The number of benzene rings is 1. The van der Waals surface area contributed by atoms with Crippen LogP contribution in [-0.2, 0) is 12.8 Å². The van der Waals surface area contributed by atoms with Gasteiger partial charge in [0.2, 0.25) is 0 Å². The summed E-state index contributed by atoms with van der Waals surface area (Å²) in [6, 6.07) is 13.9. The van der Waals surface area contributed by atoms with Crippen molar-refractivity contribution < 1.29 is 4.79 Å². The molecule has 0 aliphatic carbocycles. The van der Waals surface area contributed by atoms with E-state index in [4.69, 9.17) is 0 Å². The van der Waals surface area contributed by atoms with Crippen molar-refractivity contribution in [2.24, 2.45) is 5.92 Å².